The number of ether oxygens (including phenoxy) is 2. The van der Waals surface area contributed by atoms with Crippen molar-refractivity contribution in [2.24, 2.45) is 0 Å². The van der Waals surface area contributed by atoms with Gasteiger partial charge in [0.25, 0.3) is 0 Å². The zero-order valence-corrected chi connectivity index (χ0v) is 19.3. The van der Waals surface area contributed by atoms with E-state index in [1.165, 1.54) is 0 Å². The fourth-order valence-electron chi connectivity index (χ4n) is 3.33. The Bertz CT molecular complexity index is 1290. The third-order valence-corrected chi connectivity index (χ3v) is 5.20. The molecule has 8 heteroatoms. The van der Waals surface area contributed by atoms with Crippen LogP contribution < -0.4 is 14.8 Å². The molecule has 2 heterocycles. The lowest BCUT2D eigenvalue weighted by Crippen LogP contribution is -2.14. The van der Waals surface area contributed by atoms with E-state index < -0.39 is 0 Å². The highest BCUT2D eigenvalue weighted by Gasteiger charge is 2.19. The van der Waals surface area contributed by atoms with E-state index in [2.05, 4.69) is 15.5 Å². The van der Waals surface area contributed by atoms with Gasteiger partial charge in [0.05, 0.1) is 49.3 Å². The first-order chi connectivity index (χ1) is 15.8. The van der Waals surface area contributed by atoms with Gasteiger partial charge < -0.3 is 14.0 Å². The molecule has 0 aliphatic heterocycles. The van der Waals surface area contributed by atoms with Crippen LogP contribution in [0.15, 0.2) is 53.2 Å². The first kappa shape index (κ1) is 22.3. The van der Waals surface area contributed by atoms with Crippen molar-refractivity contribution in [2.45, 2.75) is 32.6 Å². The van der Waals surface area contributed by atoms with Gasteiger partial charge in [-0.15, -0.1) is 0 Å². The molecule has 0 saturated heterocycles. The number of hydrogen-bond acceptors (Lipinski definition) is 7. The van der Waals surface area contributed by atoms with Crippen LogP contribution in [0.3, 0.4) is 0 Å². The minimum absolute atomic E-state index is 0.148. The first-order valence-corrected chi connectivity index (χ1v) is 10.5. The van der Waals surface area contributed by atoms with Crippen LogP contribution in [-0.2, 0) is 16.6 Å². The molecule has 1 N–H and O–H groups in total. The van der Waals surface area contributed by atoms with Crippen LogP contribution in [-0.4, -0.2) is 35.3 Å². The van der Waals surface area contributed by atoms with E-state index in [1.807, 2.05) is 45.0 Å². The summed E-state index contributed by atoms with van der Waals surface area (Å²) in [6, 6.07) is 13.0. The number of carbonyl (C=O) groups excluding carboxylic acids is 1. The Morgan fingerprint density at radius 1 is 1.00 bits per heavy atom. The molecule has 0 radical (unpaired) electrons. The number of anilines is 1. The topological polar surface area (TPSA) is 99.4 Å². The molecule has 4 rings (SSSR count). The number of nitrogens with zero attached hydrogens (tertiary/aromatic N) is 3. The number of benzene rings is 2. The Kier molecular flexibility index (Phi) is 6.00. The number of aromatic nitrogens is 3. The summed E-state index contributed by atoms with van der Waals surface area (Å²) in [6.07, 6.45) is 1.93. The van der Waals surface area contributed by atoms with Crippen molar-refractivity contribution >= 4 is 22.8 Å². The van der Waals surface area contributed by atoms with E-state index in [0.29, 0.717) is 28.4 Å². The van der Waals surface area contributed by atoms with Gasteiger partial charge in [-0.25, -0.2) is 4.98 Å². The van der Waals surface area contributed by atoms with Crippen molar-refractivity contribution in [3.05, 3.63) is 59.9 Å². The van der Waals surface area contributed by atoms with Gasteiger partial charge in [0.1, 0.15) is 0 Å². The largest absolute Gasteiger partial charge is 0.493 e. The van der Waals surface area contributed by atoms with Gasteiger partial charge in [-0.3, -0.25) is 15.1 Å². The van der Waals surface area contributed by atoms with E-state index >= 15 is 0 Å². The van der Waals surface area contributed by atoms with E-state index in [1.54, 1.807) is 38.6 Å². The fourth-order valence-corrected chi connectivity index (χ4v) is 3.33. The van der Waals surface area contributed by atoms with Crippen LogP contribution in [0.1, 0.15) is 32.0 Å². The average molecular weight is 447 g/mol. The molecule has 8 nitrogen and oxygen atoms in total. The minimum Gasteiger partial charge on any atom is -0.493 e. The first-order valence-electron chi connectivity index (χ1n) is 10.5. The summed E-state index contributed by atoms with van der Waals surface area (Å²) >= 11 is 0. The van der Waals surface area contributed by atoms with Gasteiger partial charge in [-0.1, -0.05) is 50.2 Å². The van der Waals surface area contributed by atoms with Gasteiger partial charge in [0.15, 0.2) is 11.5 Å². The quantitative estimate of drug-likeness (QED) is 0.455. The summed E-state index contributed by atoms with van der Waals surface area (Å²) in [5, 5.41) is 6.77. The smallest absolute Gasteiger partial charge is 0.231 e. The van der Waals surface area contributed by atoms with Gasteiger partial charge in [-0.2, -0.15) is 0 Å². The van der Waals surface area contributed by atoms with Crippen molar-refractivity contribution in [1.82, 2.24) is 15.1 Å². The molecule has 33 heavy (non-hydrogen) atoms. The van der Waals surface area contributed by atoms with E-state index in [-0.39, 0.29) is 17.7 Å². The van der Waals surface area contributed by atoms with E-state index in [0.717, 1.165) is 22.5 Å². The molecule has 1 amide bonds. The molecule has 2 aromatic heterocycles. The van der Waals surface area contributed by atoms with Crippen molar-refractivity contribution in [3.8, 4) is 22.8 Å². The number of fused-ring (bicyclic) bond motifs is 1. The maximum absolute atomic E-state index is 12.4. The van der Waals surface area contributed by atoms with Gasteiger partial charge in [-0.05, 0) is 5.56 Å². The SMILES string of the molecule is COc1cc2ncc(-c3ccc(CC(=O)Nc4cc(C(C)(C)C)no4)cc3)nc2cc1OC. The Morgan fingerprint density at radius 3 is 2.27 bits per heavy atom. The second-order valence-corrected chi connectivity index (χ2v) is 8.70. The highest BCUT2D eigenvalue weighted by molar-refractivity contribution is 5.91. The van der Waals surface area contributed by atoms with Gasteiger partial charge >= 0.3 is 0 Å². The molecule has 170 valence electrons. The summed E-state index contributed by atoms with van der Waals surface area (Å²) < 4.78 is 15.9. The van der Waals surface area contributed by atoms with E-state index in [4.69, 9.17) is 19.0 Å². The predicted octanol–water partition coefficient (Wildman–Crippen LogP) is 4.78. The molecule has 0 unspecified atom stereocenters. The molecule has 0 saturated carbocycles. The third kappa shape index (κ3) is 4.95. The summed E-state index contributed by atoms with van der Waals surface area (Å²) in [4.78, 5) is 21.6. The van der Waals surface area contributed by atoms with Crippen LogP contribution in [0, 0.1) is 0 Å². The molecule has 4 aromatic rings. The van der Waals surface area contributed by atoms with Crippen LogP contribution >= 0.6 is 0 Å². The summed E-state index contributed by atoms with van der Waals surface area (Å²) in [6.45, 7) is 6.10. The number of nitrogens with one attached hydrogen (secondary N) is 1. The lowest BCUT2D eigenvalue weighted by atomic mass is 9.92. The minimum atomic E-state index is -0.175. The number of amides is 1. The summed E-state index contributed by atoms with van der Waals surface area (Å²) in [5.41, 5.74) is 4.55. The van der Waals surface area contributed by atoms with Crippen LogP contribution in [0.2, 0.25) is 0 Å². The number of methoxy groups -OCH3 is 2. The monoisotopic (exact) mass is 446 g/mol. The average Bonchev–Trinajstić information content (AvgIpc) is 3.27. The Morgan fingerprint density at radius 2 is 1.67 bits per heavy atom. The predicted molar refractivity (Wildman–Crippen MR) is 126 cm³/mol. The second kappa shape index (κ2) is 8.90. The maximum Gasteiger partial charge on any atom is 0.231 e. The fraction of sp³-hybridized carbons (Fsp3) is 0.280. The molecular weight excluding hydrogens is 420 g/mol. The normalized spacial score (nSPS) is 11.4. The van der Waals surface area contributed by atoms with Crippen molar-refractivity contribution in [3.63, 3.8) is 0 Å². The maximum atomic E-state index is 12.4. The molecule has 0 aliphatic carbocycles. The number of rotatable bonds is 6. The lowest BCUT2D eigenvalue weighted by molar-refractivity contribution is -0.115. The summed E-state index contributed by atoms with van der Waals surface area (Å²) in [5.74, 6) is 1.37. The molecule has 0 spiro atoms. The molecular formula is C25H26N4O4. The van der Waals surface area contributed by atoms with Crippen molar-refractivity contribution in [2.75, 3.05) is 19.5 Å². The standard InChI is InChI=1S/C25H26N4O4/c1-25(2,3)22-13-24(33-29-22)28-23(30)10-15-6-8-16(9-7-15)19-14-26-17-11-20(31-4)21(32-5)12-18(17)27-19/h6-9,11-14H,10H2,1-5H3,(H,28,30). The van der Waals surface area contributed by atoms with Crippen LogP contribution in [0.4, 0.5) is 5.88 Å². The zero-order valence-electron chi connectivity index (χ0n) is 19.3. The number of carbonyl (C=O) groups is 1. The van der Waals surface area contributed by atoms with Gasteiger partial charge in [0, 0.05) is 29.2 Å². The highest BCUT2D eigenvalue weighted by Crippen LogP contribution is 2.31. The molecule has 0 atom stereocenters. The lowest BCUT2D eigenvalue weighted by Gasteiger charge is -2.12. The highest BCUT2D eigenvalue weighted by atomic mass is 16.5. The summed E-state index contributed by atoms with van der Waals surface area (Å²) in [7, 11) is 3.17. The van der Waals surface area contributed by atoms with Crippen molar-refractivity contribution < 1.29 is 18.8 Å². The Balaban J connectivity index is 1.47. The Hall–Kier alpha value is -3.94. The molecule has 0 bridgehead atoms. The molecule has 0 fully saturated rings. The van der Waals surface area contributed by atoms with E-state index in [9.17, 15) is 4.79 Å². The third-order valence-electron chi connectivity index (χ3n) is 5.20. The molecule has 0 aliphatic rings. The Labute approximate surface area is 191 Å². The van der Waals surface area contributed by atoms with Crippen LogP contribution in [0.5, 0.6) is 11.5 Å². The second-order valence-electron chi connectivity index (χ2n) is 8.70. The number of hydrogen-bond donors (Lipinski definition) is 1. The van der Waals surface area contributed by atoms with Crippen LogP contribution in [0.25, 0.3) is 22.3 Å². The van der Waals surface area contributed by atoms with Crippen molar-refractivity contribution in [1.29, 1.82) is 0 Å². The zero-order chi connectivity index (χ0) is 23.6. The molecule has 2 aromatic carbocycles. The van der Waals surface area contributed by atoms with Gasteiger partial charge in [0.2, 0.25) is 11.8 Å².